The largest absolute Gasteiger partial charge is 0.459 e. The van der Waals surface area contributed by atoms with Crippen molar-refractivity contribution in [3.63, 3.8) is 0 Å². The third kappa shape index (κ3) is 3.91. The van der Waals surface area contributed by atoms with Gasteiger partial charge in [0.2, 0.25) is 0 Å². The van der Waals surface area contributed by atoms with Crippen LogP contribution in [0.15, 0.2) is 22.8 Å². The quantitative estimate of drug-likeness (QED) is 0.701. The van der Waals surface area contributed by atoms with Gasteiger partial charge in [0.25, 0.3) is 5.91 Å². The van der Waals surface area contributed by atoms with Gasteiger partial charge in [0.05, 0.1) is 31.7 Å². The van der Waals surface area contributed by atoms with E-state index in [1.165, 1.54) is 6.26 Å². The van der Waals surface area contributed by atoms with Crippen molar-refractivity contribution in [3.8, 4) is 0 Å². The lowest BCUT2D eigenvalue weighted by Crippen LogP contribution is -2.40. The highest BCUT2D eigenvalue weighted by Crippen LogP contribution is 2.28. The van der Waals surface area contributed by atoms with E-state index in [9.17, 15) is 4.79 Å². The molecule has 0 bridgehead atoms. The van der Waals surface area contributed by atoms with Crippen molar-refractivity contribution >= 4 is 5.91 Å². The maximum absolute atomic E-state index is 12.6. The van der Waals surface area contributed by atoms with Crippen molar-refractivity contribution in [2.24, 2.45) is 0 Å². The molecule has 3 heterocycles. The van der Waals surface area contributed by atoms with Crippen molar-refractivity contribution in [2.75, 3.05) is 40.4 Å². The van der Waals surface area contributed by atoms with E-state index >= 15 is 0 Å². The Bertz CT molecular complexity index is 695. The Morgan fingerprint density at radius 3 is 3.00 bits per heavy atom. The monoisotopic (exact) mass is 347 g/mol. The average molecular weight is 347 g/mol. The zero-order valence-electron chi connectivity index (χ0n) is 15.0. The van der Waals surface area contributed by atoms with Crippen LogP contribution in [0.2, 0.25) is 0 Å². The molecule has 8 heteroatoms. The van der Waals surface area contributed by atoms with E-state index < -0.39 is 0 Å². The van der Waals surface area contributed by atoms with E-state index in [2.05, 4.69) is 15.2 Å². The van der Waals surface area contributed by atoms with Gasteiger partial charge in [0.15, 0.2) is 5.76 Å². The number of hydrogen-bond acceptors (Lipinski definition) is 6. The first-order valence-corrected chi connectivity index (χ1v) is 8.57. The molecule has 0 aromatic carbocycles. The number of carbonyl (C=O) groups is 1. The molecular weight excluding hydrogens is 322 g/mol. The molecule has 0 saturated heterocycles. The molecule has 0 saturated carbocycles. The lowest BCUT2D eigenvalue weighted by atomic mass is 9.98. The highest BCUT2D eigenvalue weighted by molar-refractivity contribution is 5.91. The van der Waals surface area contributed by atoms with Crippen LogP contribution in [0, 0.1) is 0 Å². The van der Waals surface area contributed by atoms with Crippen molar-refractivity contribution < 1.29 is 13.9 Å². The van der Waals surface area contributed by atoms with Crippen LogP contribution in [0.5, 0.6) is 0 Å². The molecule has 1 amide bonds. The van der Waals surface area contributed by atoms with E-state index in [4.69, 9.17) is 9.15 Å². The first-order chi connectivity index (χ1) is 12.1. The standard InChI is InChI=1S/C17H25N5O3/c1-4-22-16-13(12-24-9-7-20(2)3)10-21(11-14(16)18-19-22)17(23)15-6-5-8-25-15/h5-6,8,13H,4,7,9-12H2,1-3H3. The lowest BCUT2D eigenvalue weighted by molar-refractivity contribution is 0.0586. The summed E-state index contributed by atoms with van der Waals surface area (Å²) in [6.07, 6.45) is 1.51. The Hall–Kier alpha value is -2.19. The number of hydrogen-bond donors (Lipinski definition) is 0. The van der Waals surface area contributed by atoms with Gasteiger partial charge in [0.1, 0.15) is 5.69 Å². The van der Waals surface area contributed by atoms with E-state index in [1.54, 1.807) is 17.0 Å². The number of fused-ring (bicyclic) bond motifs is 1. The second kappa shape index (κ2) is 7.79. The second-order valence-electron chi connectivity index (χ2n) is 6.48. The topological polar surface area (TPSA) is 76.6 Å². The summed E-state index contributed by atoms with van der Waals surface area (Å²) < 4.78 is 13.0. The molecule has 0 N–H and O–H groups in total. The minimum atomic E-state index is -0.125. The van der Waals surface area contributed by atoms with Crippen LogP contribution in [-0.2, 0) is 17.8 Å². The van der Waals surface area contributed by atoms with Gasteiger partial charge in [-0.05, 0) is 33.2 Å². The van der Waals surface area contributed by atoms with Gasteiger partial charge in [-0.2, -0.15) is 0 Å². The third-order valence-corrected chi connectivity index (χ3v) is 4.34. The van der Waals surface area contributed by atoms with E-state index in [0.717, 1.165) is 24.5 Å². The summed E-state index contributed by atoms with van der Waals surface area (Å²) in [6.45, 7) is 5.86. The van der Waals surface area contributed by atoms with Gasteiger partial charge in [-0.25, -0.2) is 4.68 Å². The van der Waals surface area contributed by atoms with Crippen molar-refractivity contribution in [1.82, 2.24) is 24.8 Å². The fourth-order valence-electron chi connectivity index (χ4n) is 3.06. The smallest absolute Gasteiger partial charge is 0.289 e. The maximum atomic E-state index is 12.6. The number of rotatable bonds is 7. The fraction of sp³-hybridized carbons (Fsp3) is 0.588. The molecule has 0 spiro atoms. The van der Waals surface area contributed by atoms with Crippen molar-refractivity contribution in [2.45, 2.75) is 25.9 Å². The van der Waals surface area contributed by atoms with E-state index in [-0.39, 0.29) is 11.8 Å². The van der Waals surface area contributed by atoms with Gasteiger partial charge in [-0.1, -0.05) is 5.21 Å². The van der Waals surface area contributed by atoms with E-state index in [0.29, 0.717) is 32.1 Å². The number of furan rings is 1. The minimum absolute atomic E-state index is 0.0553. The molecule has 1 atom stereocenters. The van der Waals surface area contributed by atoms with Crippen LogP contribution in [0.25, 0.3) is 0 Å². The van der Waals surface area contributed by atoms with Crippen LogP contribution >= 0.6 is 0 Å². The molecule has 136 valence electrons. The normalized spacial score (nSPS) is 17.1. The van der Waals surface area contributed by atoms with Crippen molar-refractivity contribution in [3.05, 3.63) is 35.5 Å². The average Bonchev–Trinajstić information content (AvgIpc) is 3.26. The highest BCUT2D eigenvalue weighted by Gasteiger charge is 2.33. The summed E-state index contributed by atoms with van der Waals surface area (Å²) in [7, 11) is 4.03. The Kier molecular flexibility index (Phi) is 5.50. The first kappa shape index (κ1) is 17.6. The number of carbonyl (C=O) groups excluding carboxylic acids is 1. The van der Waals surface area contributed by atoms with Crippen LogP contribution < -0.4 is 0 Å². The molecule has 0 aliphatic carbocycles. The molecule has 8 nitrogen and oxygen atoms in total. The SMILES string of the molecule is CCn1nnc2c1C(COCCN(C)C)CN(C(=O)c1ccco1)C2. The summed E-state index contributed by atoms with van der Waals surface area (Å²) in [5.41, 5.74) is 1.92. The summed E-state index contributed by atoms with van der Waals surface area (Å²) in [4.78, 5) is 16.5. The van der Waals surface area contributed by atoms with Crippen LogP contribution in [0.1, 0.15) is 34.8 Å². The second-order valence-corrected chi connectivity index (χ2v) is 6.48. The Balaban J connectivity index is 1.75. The molecule has 2 aromatic heterocycles. The van der Waals surface area contributed by atoms with Gasteiger partial charge >= 0.3 is 0 Å². The Morgan fingerprint density at radius 2 is 2.32 bits per heavy atom. The number of amides is 1. The fourth-order valence-corrected chi connectivity index (χ4v) is 3.06. The third-order valence-electron chi connectivity index (χ3n) is 4.34. The maximum Gasteiger partial charge on any atom is 0.289 e. The Morgan fingerprint density at radius 1 is 1.48 bits per heavy atom. The first-order valence-electron chi connectivity index (χ1n) is 8.57. The Labute approximate surface area is 147 Å². The molecule has 0 radical (unpaired) electrons. The number of aromatic nitrogens is 3. The predicted octanol–water partition coefficient (Wildman–Crippen LogP) is 1.21. The molecule has 1 aliphatic heterocycles. The van der Waals surface area contributed by atoms with Crippen LogP contribution in [0.4, 0.5) is 0 Å². The number of ether oxygens (including phenoxy) is 1. The molecular formula is C17H25N5O3. The zero-order chi connectivity index (χ0) is 17.8. The predicted molar refractivity (Wildman–Crippen MR) is 91.3 cm³/mol. The zero-order valence-corrected chi connectivity index (χ0v) is 15.0. The highest BCUT2D eigenvalue weighted by atomic mass is 16.5. The molecule has 1 unspecified atom stereocenters. The van der Waals surface area contributed by atoms with E-state index in [1.807, 2.05) is 25.7 Å². The molecule has 2 aromatic rings. The molecule has 3 rings (SSSR count). The van der Waals surface area contributed by atoms with Gasteiger partial charge in [-0.15, -0.1) is 5.10 Å². The lowest BCUT2D eigenvalue weighted by Gasteiger charge is -2.32. The molecule has 25 heavy (non-hydrogen) atoms. The number of nitrogens with zero attached hydrogens (tertiary/aromatic N) is 5. The number of likely N-dealkylation sites (N-methyl/N-ethyl adjacent to an activating group) is 1. The van der Waals surface area contributed by atoms with Gasteiger partial charge in [-0.3, -0.25) is 4.79 Å². The summed E-state index contributed by atoms with van der Waals surface area (Å²) in [6, 6.07) is 3.40. The molecule has 1 aliphatic rings. The number of aryl methyl sites for hydroxylation is 1. The van der Waals surface area contributed by atoms with Crippen molar-refractivity contribution in [1.29, 1.82) is 0 Å². The van der Waals surface area contributed by atoms with Gasteiger partial charge in [0, 0.05) is 25.6 Å². The summed E-state index contributed by atoms with van der Waals surface area (Å²) >= 11 is 0. The van der Waals surface area contributed by atoms with Crippen LogP contribution in [-0.4, -0.2) is 71.1 Å². The van der Waals surface area contributed by atoms with Crippen LogP contribution in [0.3, 0.4) is 0 Å². The minimum Gasteiger partial charge on any atom is -0.459 e. The summed E-state index contributed by atoms with van der Waals surface area (Å²) in [5, 5.41) is 8.49. The molecule has 0 fully saturated rings. The van der Waals surface area contributed by atoms with Gasteiger partial charge < -0.3 is 19.0 Å². The summed E-state index contributed by atoms with van der Waals surface area (Å²) in [5.74, 6) is 0.276.